The first kappa shape index (κ1) is 14.8. The molecule has 1 aromatic carbocycles. The molecular weight excluding hydrogens is 284 g/mol. The number of carboxylic acids is 1. The fourth-order valence-electron chi connectivity index (χ4n) is 1.83. The van der Waals surface area contributed by atoms with Gasteiger partial charge in [0.2, 0.25) is 0 Å². The van der Waals surface area contributed by atoms with Crippen molar-refractivity contribution in [3.05, 3.63) is 51.0 Å². The van der Waals surface area contributed by atoms with Crippen molar-refractivity contribution in [3.63, 3.8) is 0 Å². The van der Waals surface area contributed by atoms with E-state index in [4.69, 9.17) is 10.4 Å². The van der Waals surface area contributed by atoms with Crippen LogP contribution in [0.1, 0.15) is 5.56 Å². The Morgan fingerprint density at radius 3 is 2.71 bits per heavy atom. The topological polar surface area (TPSA) is 64.3 Å². The fraction of sp³-hybridized carbons (Fsp3) is 0.125. The number of hydrogen-bond acceptors (Lipinski definition) is 4. The molecule has 0 spiro atoms. The Morgan fingerprint density at radius 1 is 1.33 bits per heavy atom. The lowest BCUT2D eigenvalue weighted by atomic mass is 10.2. The molecule has 5 heteroatoms. The van der Waals surface area contributed by atoms with Gasteiger partial charge in [-0.2, -0.15) is 5.26 Å². The summed E-state index contributed by atoms with van der Waals surface area (Å²) in [6.45, 7) is 0. The summed E-state index contributed by atoms with van der Waals surface area (Å²) in [6.07, 6.45) is 1.97. The van der Waals surface area contributed by atoms with Crippen LogP contribution in [0.15, 0.2) is 36.4 Å². The van der Waals surface area contributed by atoms with Gasteiger partial charge in [0.05, 0.1) is 4.53 Å². The van der Waals surface area contributed by atoms with Gasteiger partial charge < -0.3 is 10.0 Å². The molecule has 106 valence electrons. The first-order valence-electron chi connectivity index (χ1n) is 6.24. The number of nitriles is 1. The number of carbonyl (C=O) groups is 1. The lowest BCUT2D eigenvalue weighted by Gasteiger charge is -2.12. The molecule has 0 atom stereocenters. The van der Waals surface area contributed by atoms with E-state index >= 15 is 0 Å². The Kier molecular flexibility index (Phi) is 4.41. The molecule has 2 aromatic rings. The molecule has 1 aromatic heterocycles. The minimum atomic E-state index is -1.19. The molecule has 0 aliphatic rings. The summed E-state index contributed by atoms with van der Waals surface area (Å²) in [5.74, 6) is -1.19. The number of hydrogen-bond donors (Lipinski definition) is 1. The molecule has 1 N–H and O–H groups in total. The second-order valence-electron chi connectivity index (χ2n) is 4.63. The van der Waals surface area contributed by atoms with Crippen molar-refractivity contribution in [3.8, 4) is 6.07 Å². The van der Waals surface area contributed by atoms with Gasteiger partial charge in [0.1, 0.15) is 6.07 Å². The van der Waals surface area contributed by atoms with Gasteiger partial charge in [-0.15, -0.1) is 11.3 Å². The summed E-state index contributed by atoms with van der Waals surface area (Å²) in [4.78, 5) is 13.0. The Hall–Kier alpha value is -2.58. The van der Waals surface area contributed by atoms with E-state index in [-0.39, 0.29) is 5.57 Å². The summed E-state index contributed by atoms with van der Waals surface area (Å²) in [6, 6.07) is 13.2. The molecule has 0 aliphatic carbocycles. The molecular formula is C16H14N2O2S. The van der Waals surface area contributed by atoms with Gasteiger partial charge in [0, 0.05) is 24.3 Å². The van der Waals surface area contributed by atoms with Gasteiger partial charge >= 0.3 is 5.97 Å². The highest BCUT2D eigenvalue weighted by Gasteiger charge is 2.07. The summed E-state index contributed by atoms with van der Waals surface area (Å²) >= 11 is 1.29. The second-order valence-corrected chi connectivity index (χ2v) is 5.74. The number of benzene rings is 1. The van der Waals surface area contributed by atoms with Crippen LogP contribution in [-0.4, -0.2) is 25.2 Å². The van der Waals surface area contributed by atoms with E-state index in [1.54, 1.807) is 12.1 Å². The maximum Gasteiger partial charge on any atom is 0.347 e. The Bertz CT molecular complexity index is 828. The molecule has 0 saturated heterocycles. The molecule has 2 rings (SSSR count). The van der Waals surface area contributed by atoms with E-state index in [2.05, 4.69) is 0 Å². The van der Waals surface area contributed by atoms with Crippen molar-refractivity contribution < 1.29 is 9.90 Å². The molecule has 0 aliphatic heterocycles. The van der Waals surface area contributed by atoms with E-state index in [1.807, 2.05) is 55.4 Å². The molecule has 0 saturated carbocycles. The Labute approximate surface area is 126 Å². The number of thiophene rings is 1. The monoisotopic (exact) mass is 298 g/mol. The van der Waals surface area contributed by atoms with Gasteiger partial charge in [0.25, 0.3) is 0 Å². The highest BCUT2D eigenvalue weighted by molar-refractivity contribution is 7.08. The van der Waals surface area contributed by atoms with Crippen molar-refractivity contribution in [2.45, 2.75) is 0 Å². The van der Waals surface area contributed by atoms with Crippen LogP contribution in [0.25, 0.3) is 11.6 Å². The molecule has 21 heavy (non-hydrogen) atoms. The van der Waals surface area contributed by atoms with Crippen molar-refractivity contribution in [2.24, 2.45) is 0 Å². The van der Waals surface area contributed by atoms with Crippen LogP contribution in [0.2, 0.25) is 0 Å². The molecule has 0 fully saturated rings. The SMILES string of the molecule is CN(C)c1cccc(/C=c2\cc/c(=C(\C#N)C(=O)O)s2)c1. The molecule has 4 nitrogen and oxygen atoms in total. The standard InChI is InChI=1S/C16H14N2O2S/c1-18(2)12-5-3-4-11(8-12)9-13-6-7-15(21-13)14(10-17)16(19)20/h3-9H,1-2H3,(H,19,20)/b13-9+,15-14-. The number of nitrogens with zero attached hydrogens (tertiary/aromatic N) is 2. The minimum absolute atomic E-state index is 0.221. The van der Waals surface area contributed by atoms with Gasteiger partial charge in [-0.25, -0.2) is 4.79 Å². The van der Waals surface area contributed by atoms with Crippen LogP contribution in [0.4, 0.5) is 5.69 Å². The molecule has 0 unspecified atom stereocenters. The average molecular weight is 298 g/mol. The van der Waals surface area contributed by atoms with E-state index in [0.717, 1.165) is 15.8 Å². The van der Waals surface area contributed by atoms with Crippen LogP contribution < -0.4 is 14.0 Å². The molecule has 1 heterocycles. The van der Waals surface area contributed by atoms with Crippen LogP contribution in [0, 0.1) is 11.3 Å². The van der Waals surface area contributed by atoms with Gasteiger partial charge in [-0.3, -0.25) is 0 Å². The smallest absolute Gasteiger partial charge is 0.347 e. The van der Waals surface area contributed by atoms with Crippen molar-refractivity contribution >= 4 is 34.6 Å². The zero-order chi connectivity index (χ0) is 15.4. The van der Waals surface area contributed by atoms with Crippen LogP contribution >= 0.6 is 11.3 Å². The predicted octanol–water partition coefficient (Wildman–Crippen LogP) is 1.40. The maximum atomic E-state index is 10.9. The summed E-state index contributed by atoms with van der Waals surface area (Å²) in [7, 11) is 3.95. The minimum Gasteiger partial charge on any atom is -0.477 e. The normalized spacial score (nSPS) is 12.7. The zero-order valence-corrected chi connectivity index (χ0v) is 12.5. The lowest BCUT2D eigenvalue weighted by molar-refractivity contribution is -0.130. The Morgan fingerprint density at radius 2 is 2.10 bits per heavy atom. The van der Waals surface area contributed by atoms with E-state index in [0.29, 0.717) is 4.53 Å². The third-order valence-corrected chi connectivity index (χ3v) is 3.94. The van der Waals surface area contributed by atoms with Crippen LogP contribution in [0.3, 0.4) is 0 Å². The number of rotatable bonds is 3. The van der Waals surface area contributed by atoms with E-state index in [9.17, 15) is 4.79 Å². The van der Waals surface area contributed by atoms with Crippen molar-refractivity contribution in [1.29, 1.82) is 5.26 Å². The fourth-order valence-corrected chi connectivity index (χ4v) is 2.79. The number of carboxylic acid groups (broad SMARTS) is 1. The molecule has 0 bridgehead atoms. The van der Waals surface area contributed by atoms with Crippen LogP contribution in [0.5, 0.6) is 0 Å². The quantitative estimate of drug-likeness (QED) is 0.930. The van der Waals surface area contributed by atoms with Crippen molar-refractivity contribution in [1.82, 2.24) is 0 Å². The highest BCUT2D eigenvalue weighted by Crippen LogP contribution is 2.13. The van der Waals surface area contributed by atoms with Gasteiger partial charge in [0.15, 0.2) is 5.57 Å². The second kappa shape index (κ2) is 6.25. The summed E-state index contributed by atoms with van der Waals surface area (Å²) in [5.41, 5.74) is 1.90. The highest BCUT2D eigenvalue weighted by atomic mass is 32.1. The largest absolute Gasteiger partial charge is 0.477 e. The zero-order valence-electron chi connectivity index (χ0n) is 11.7. The van der Waals surface area contributed by atoms with Crippen molar-refractivity contribution in [2.75, 3.05) is 19.0 Å². The predicted molar refractivity (Wildman–Crippen MR) is 84.6 cm³/mol. The number of anilines is 1. The summed E-state index contributed by atoms with van der Waals surface area (Å²) < 4.78 is 1.38. The number of aliphatic carboxylic acids is 1. The van der Waals surface area contributed by atoms with Crippen LogP contribution in [-0.2, 0) is 4.79 Å². The summed E-state index contributed by atoms with van der Waals surface area (Å²) in [5, 5.41) is 17.8. The van der Waals surface area contributed by atoms with Gasteiger partial charge in [-0.05, 0) is 35.9 Å². The lowest BCUT2D eigenvalue weighted by Crippen LogP contribution is -2.08. The first-order valence-corrected chi connectivity index (χ1v) is 7.05. The van der Waals surface area contributed by atoms with Gasteiger partial charge in [-0.1, -0.05) is 12.1 Å². The average Bonchev–Trinajstić information content (AvgIpc) is 2.87. The van der Waals surface area contributed by atoms with E-state index < -0.39 is 5.97 Å². The third-order valence-electron chi connectivity index (χ3n) is 2.89. The molecule has 0 radical (unpaired) electrons. The first-order chi connectivity index (χ1) is 10.0. The molecule has 0 amide bonds. The maximum absolute atomic E-state index is 10.9. The third kappa shape index (κ3) is 3.50. The Balaban J connectivity index is 2.50. The van der Waals surface area contributed by atoms with E-state index in [1.165, 1.54) is 11.3 Å².